The number of allylic oxidation sites excluding steroid dienone is 2. The fraction of sp³-hybridized carbons (Fsp3) is 0.167. The first kappa shape index (κ1) is 14.2. The Morgan fingerprint density at radius 3 is 2.78 bits per heavy atom. The van der Waals surface area contributed by atoms with Crippen molar-refractivity contribution in [1.82, 2.24) is 10.3 Å². The van der Waals surface area contributed by atoms with Gasteiger partial charge in [-0.05, 0) is 36.1 Å². The van der Waals surface area contributed by atoms with Gasteiger partial charge in [0.15, 0.2) is 0 Å². The van der Waals surface area contributed by atoms with Crippen LogP contribution >= 0.6 is 11.6 Å². The van der Waals surface area contributed by atoms with Crippen LogP contribution < -0.4 is 5.32 Å². The zero-order valence-corrected chi connectivity index (χ0v) is 12.9. The number of hydrogen-bond acceptors (Lipinski definition) is 4. The molecule has 1 unspecified atom stereocenters. The van der Waals surface area contributed by atoms with Crippen LogP contribution in [0.25, 0.3) is 0 Å². The SMILES string of the molecule is O=C1C(NC2CCc3ccccc32)=C(Cl)C(=O)c2ncccc21. The standard InChI is InChI=1S/C18H13ClN2O2/c19-14-16(17(22)12-6-3-9-20-15(12)18(14)23)21-13-8-7-10-4-1-2-5-11(10)13/h1-6,9,13,21H,7-8H2. The second kappa shape index (κ2) is 5.32. The van der Waals surface area contributed by atoms with Crippen LogP contribution in [-0.2, 0) is 6.42 Å². The van der Waals surface area contributed by atoms with E-state index in [2.05, 4.69) is 16.4 Å². The third kappa shape index (κ3) is 2.18. The number of aromatic nitrogens is 1. The highest BCUT2D eigenvalue weighted by Crippen LogP contribution is 2.34. The molecule has 23 heavy (non-hydrogen) atoms. The molecule has 0 saturated carbocycles. The topological polar surface area (TPSA) is 59.1 Å². The minimum Gasteiger partial charge on any atom is -0.374 e. The van der Waals surface area contributed by atoms with Gasteiger partial charge in [0.25, 0.3) is 0 Å². The average Bonchev–Trinajstić information content (AvgIpc) is 3.00. The summed E-state index contributed by atoms with van der Waals surface area (Å²) in [6.45, 7) is 0. The molecule has 114 valence electrons. The number of hydrogen-bond donors (Lipinski definition) is 1. The molecular weight excluding hydrogens is 312 g/mol. The summed E-state index contributed by atoms with van der Waals surface area (Å²) < 4.78 is 0. The molecule has 1 heterocycles. The van der Waals surface area contributed by atoms with Gasteiger partial charge in [-0.25, -0.2) is 0 Å². The molecule has 1 aromatic carbocycles. The number of Topliss-reactive ketones (excluding diaryl/α,β-unsaturated/α-hetero) is 2. The van der Waals surface area contributed by atoms with Gasteiger partial charge < -0.3 is 5.32 Å². The van der Waals surface area contributed by atoms with E-state index in [0.29, 0.717) is 5.56 Å². The summed E-state index contributed by atoms with van der Waals surface area (Å²) in [5.74, 6) is -0.683. The number of carbonyl (C=O) groups is 2. The number of benzene rings is 1. The van der Waals surface area contributed by atoms with E-state index in [4.69, 9.17) is 11.6 Å². The first-order chi connectivity index (χ1) is 11.2. The minimum absolute atomic E-state index is 0.00933. The van der Waals surface area contributed by atoms with E-state index in [9.17, 15) is 9.59 Å². The van der Waals surface area contributed by atoms with Crippen LogP contribution in [0.15, 0.2) is 53.3 Å². The molecule has 4 nitrogen and oxygen atoms in total. The average molecular weight is 325 g/mol. The van der Waals surface area contributed by atoms with Crippen molar-refractivity contribution in [3.63, 3.8) is 0 Å². The van der Waals surface area contributed by atoms with Crippen molar-refractivity contribution >= 4 is 23.2 Å². The second-order valence-electron chi connectivity index (χ2n) is 5.68. The molecule has 1 aromatic heterocycles. The Labute approximate surface area is 138 Å². The molecule has 2 aromatic rings. The number of rotatable bonds is 2. The summed E-state index contributed by atoms with van der Waals surface area (Å²) >= 11 is 6.17. The molecule has 5 heteroatoms. The Hall–Kier alpha value is -2.46. The van der Waals surface area contributed by atoms with Gasteiger partial charge in [0, 0.05) is 6.20 Å². The van der Waals surface area contributed by atoms with Crippen LogP contribution in [0.3, 0.4) is 0 Å². The normalized spacial score (nSPS) is 19.6. The van der Waals surface area contributed by atoms with Crippen LogP contribution in [0, 0.1) is 0 Å². The summed E-state index contributed by atoms with van der Waals surface area (Å²) in [6, 6.07) is 11.3. The number of nitrogens with zero attached hydrogens (tertiary/aromatic N) is 1. The van der Waals surface area contributed by atoms with E-state index >= 15 is 0 Å². The molecule has 0 spiro atoms. The van der Waals surface area contributed by atoms with Gasteiger partial charge in [-0.1, -0.05) is 35.9 Å². The highest BCUT2D eigenvalue weighted by molar-refractivity contribution is 6.49. The molecule has 4 rings (SSSR count). The lowest BCUT2D eigenvalue weighted by Crippen LogP contribution is -2.31. The Kier molecular flexibility index (Phi) is 3.27. The lowest BCUT2D eigenvalue weighted by molar-refractivity contribution is 0.0969. The number of halogens is 1. The van der Waals surface area contributed by atoms with Gasteiger partial charge in [-0.15, -0.1) is 0 Å². The summed E-state index contributed by atoms with van der Waals surface area (Å²) in [7, 11) is 0. The minimum atomic E-state index is -0.407. The van der Waals surface area contributed by atoms with Gasteiger partial charge in [0.2, 0.25) is 11.6 Å². The van der Waals surface area contributed by atoms with E-state index < -0.39 is 5.78 Å². The molecule has 0 amide bonds. The van der Waals surface area contributed by atoms with Gasteiger partial charge in [0.1, 0.15) is 16.4 Å². The third-order valence-corrected chi connectivity index (χ3v) is 4.73. The van der Waals surface area contributed by atoms with Gasteiger partial charge >= 0.3 is 0 Å². The van der Waals surface area contributed by atoms with Crippen LogP contribution in [-0.4, -0.2) is 16.6 Å². The molecule has 0 saturated heterocycles. The number of aryl methyl sites for hydroxylation is 1. The number of carbonyl (C=O) groups excluding carboxylic acids is 2. The van der Waals surface area contributed by atoms with Crippen LogP contribution in [0.5, 0.6) is 0 Å². The molecule has 1 atom stereocenters. The summed E-state index contributed by atoms with van der Waals surface area (Å²) in [5.41, 5.74) is 3.02. The maximum Gasteiger partial charge on any atom is 0.225 e. The molecule has 2 aliphatic carbocycles. The molecule has 2 aliphatic rings. The van der Waals surface area contributed by atoms with Gasteiger partial charge in [-0.3, -0.25) is 14.6 Å². The largest absolute Gasteiger partial charge is 0.374 e. The molecule has 0 fully saturated rings. The lowest BCUT2D eigenvalue weighted by atomic mass is 9.96. The van der Waals surface area contributed by atoms with Gasteiger partial charge in [-0.2, -0.15) is 0 Å². The fourth-order valence-corrected chi connectivity index (χ4v) is 3.46. The van der Waals surface area contributed by atoms with E-state index in [1.54, 1.807) is 12.1 Å². The predicted octanol–water partition coefficient (Wildman–Crippen LogP) is 3.19. The zero-order valence-electron chi connectivity index (χ0n) is 12.2. The third-order valence-electron chi connectivity index (χ3n) is 4.36. The summed E-state index contributed by atoms with van der Waals surface area (Å²) in [6.07, 6.45) is 3.30. The zero-order chi connectivity index (χ0) is 16.0. The highest BCUT2D eigenvalue weighted by atomic mass is 35.5. The van der Waals surface area contributed by atoms with E-state index in [0.717, 1.165) is 18.4 Å². The maximum absolute atomic E-state index is 12.7. The number of ketones is 2. The maximum atomic E-state index is 12.7. The number of pyridine rings is 1. The molecule has 1 N–H and O–H groups in total. The fourth-order valence-electron chi connectivity index (χ4n) is 3.23. The van der Waals surface area contributed by atoms with E-state index in [-0.39, 0.29) is 28.2 Å². The smallest absolute Gasteiger partial charge is 0.225 e. The van der Waals surface area contributed by atoms with Crippen LogP contribution in [0.2, 0.25) is 0 Å². The molecule has 0 aliphatic heterocycles. The van der Waals surface area contributed by atoms with Crippen LogP contribution in [0.1, 0.15) is 44.4 Å². The Bertz CT molecular complexity index is 873. The molecule has 0 bridgehead atoms. The van der Waals surface area contributed by atoms with Crippen molar-refractivity contribution in [3.8, 4) is 0 Å². The Morgan fingerprint density at radius 2 is 1.91 bits per heavy atom. The van der Waals surface area contributed by atoms with E-state index in [1.165, 1.54) is 11.8 Å². The summed E-state index contributed by atoms with van der Waals surface area (Å²) in [4.78, 5) is 29.0. The number of fused-ring (bicyclic) bond motifs is 2. The lowest BCUT2D eigenvalue weighted by Gasteiger charge is -2.22. The Balaban J connectivity index is 1.72. The van der Waals surface area contributed by atoms with Crippen molar-refractivity contribution in [3.05, 3.63) is 75.7 Å². The number of nitrogens with one attached hydrogen (secondary N) is 1. The van der Waals surface area contributed by atoms with Crippen molar-refractivity contribution in [1.29, 1.82) is 0 Å². The quantitative estimate of drug-likeness (QED) is 0.921. The second-order valence-corrected chi connectivity index (χ2v) is 6.06. The van der Waals surface area contributed by atoms with Crippen molar-refractivity contribution in [2.75, 3.05) is 0 Å². The highest BCUT2D eigenvalue weighted by Gasteiger charge is 2.34. The Morgan fingerprint density at radius 1 is 1.09 bits per heavy atom. The van der Waals surface area contributed by atoms with Crippen LogP contribution in [0.4, 0.5) is 0 Å². The first-order valence-corrected chi connectivity index (χ1v) is 7.83. The van der Waals surface area contributed by atoms with Gasteiger partial charge in [0.05, 0.1) is 11.6 Å². The molecule has 0 radical (unpaired) electrons. The van der Waals surface area contributed by atoms with Crippen molar-refractivity contribution in [2.45, 2.75) is 18.9 Å². The summed E-state index contributed by atoms with van der Waals surface area (Å²) in [5, 5.41) is 3.12. The predicted molar refractivity (Wildman–Crippen MR) is 86.4 cm³/mol. The van der Waals surface area contributed by atoms with E-state index in [1.807, 2.05) is 18.2 Å². The first-order valence-electron chi connectivity index (χ1n) is 7.45. The molecular formula is C18H13ClN2O2. The van der Waals surface area contributed by atoms with Crippen molar-refractivity contribution < 1.29 is 9.59 Å². The monoisotopic (exact) mass is 324 g/mol. The van der Waals surface area contributed by atoms with Crippen molar-refractivity contribution in [2.24, 2.45) is 0 Å².